The molecule has 29 heavy (non-hydrogen) atoms. The van der Waals surface area contributed by atoms with Gasteiger partial charge in [0.15, 0.2) is 0 Å². The third-order valence-corrected chi connectivity index (χ3v) is 5.14. The van der Waals surface area contributed by atoms with Gasteiger partial charge in [0.25, 0.3) is 5.91 Å². The number of carbonyl (C=O) groups is 2. The van der Waals surface area contributed by atoms with Gasteiger partial charge in [0, 0.05) is 16.3 Å². The summed E-state index contributed by atoms with van der Waals surface area (Å²) in [5.41, 5.74) is 2.01. The van der Waals surface area contributed by atoms with Crippen molar-refractivity contribution < 1.29 is 18.4 Å². The van der Waals surface area contributed by atoms with E-state index in [1.165, 1.54) is 48.2 Å². The van der Waals surface area contributed by atoms with Gasteiger partial charge in [-0.2, -0.15) is 0 Å². The van der Waals surface area contributed by atoms with Gasteiger partial charge in [-0.1, -0.05) is 18.2 Å². The van der Waals surface area contributed by atoms with Crippen LogP contribution in [-0.2, 0) is 4.79 Å². The molecule has 0 saturated carbocycles. The Morgan fingerprint density at radius 2 is 1.59 bits per heavy atom. The summed E-state index contributed by atoms with van der Waals surface area (Å²) in [4.78, 5) is 25.5. The summed E-state index contributed by atoms with van der Waals surface area (Å²) in [7, 11) is 0. The minimum Gasteiger partial charge on any atom is -0.325 e. The van der Waals surface area contributed by atoms with Crippen LogP contribution in [0.4, 0.5) is 20.2 Å². The normalized spacial score (nSPS) is 10.4. The summed E-state index contributed by atoms with van der Waals surface area (Å²) in [5, 5.41) is 5.39. The first-order chi connectivity index (χ1) is 13.9. The molecule has 0 bridgehead atoms. The van der Waals surface area contributed by atoms with Crippen molar-refractivity contribution in [3.63, 3.8) is 0 Å². The molecule has 0 aliphatic heterocycles. The van der Waals surface area contributed by atoms with Gasteiger partial charge < -0.3 is 10.6 Å². The molecule has 0 saturated heterocycles. The van der Waals surface area contributed by atoms with E-state index in [1.807, 2.05) is 0 Å². The van der Waals surface area contributed by atoms with E-state index in [-0.39, 0.29) is 23.4 Å². The number of halogens is 2. The third kappa shape index (κ3) is 5.65. The molecule has 3 rings (SSSR count). The number of anilines is 2. The Kier molecular flexibility index (Phi) is 6.61. The van der Waals surface area contributed by atoms with Gasteiger partial charge in [-0.25, -0.2) is 8.78 Å². The number of benzene rings is 3. The fraction of sp³-hybridized carbons (Fsp3) is 0.0909. The van der Waals surface area contributed by atoms with Crippen LogP contribution in [0, 0.1) is 18.6 Å². The summed E-state index contributed by atoms with van der Waals surface area (Å²) in [6.45, 7) is 1.77. The summed E-state index contributed by atoms with van der Waals surface area (Å²) < 4.78 is 26.4. The average molecular weight is 412 g/mol. The van der Waals surface area contributed by atoms with Crippen molar-refractivity contribution in [3.8, 4) is 0 Å². The van der Waals surface area contributed by atoms with Crippen LogP contribution < -0.4 is 10.6 Å². The number of hydrogen-bond donors (Lipinski definition) is 2. The maximum Gasteiger partial charge on any atom is 0.256 e. The van der Waals surface area contributed by atoms with E-state index in [2.05, 4.69) is 10.6 Å². The second-order valence-corrected chi connectivity index (χ2v) is 7.27. The number of carbonyl (C=O) groups excluding carboxylic acids is 2. The molecular formula is C22H18F2N2O2S. The Morgan fingerprint density at radius 3 is 2.34 bits per heavy atom. The molecule has 0 radical (unpaired) electrons. The lowest BCUT2D eigenvalue weighted by Gasteiger charge is -2.12. The molecule has 7 heteroatoms. The van der Waals surface area contributed by atoms with Crippen molar-refractivity contribution in [2.24, 2.45) is 0 Å². The van der Waals surface area contributed by atoms with Crippen LogP contribution in [0.3, 0.4) is 0 Å². The molecule has 4 nitrogen and oxygen atoms in total. The van der Waals surface area contributed by atoms with E-state index in [9.17, 15) is 18.4 Å². The minimum absolute atomic E-state index is 0.0701. The van der Waals surface area contributed by atoms with E-state index < -0.39 is 5.82 Å². The summed E-state index contributed by atoms with van der Waals surface area (Å²) in [6, 6.07) is 16.5. The van der Waals surface area contributed by atoms with E-state index in [4.69, 9.17) is 0 Å². The highest BCUT2D eigenvalue weighted by Gasteiger charge is 2.14. The average Bonchev–Trinajstić information content (AvgIpc) is 2.71. The zero-order valence-corrected chi connectivity index (χ0v) is 16.4. The monoisotopic (exact) mass is 412 g/mol. The van der Waals surface area contributed by atoms with Gasteiger partial charge in [-0.15, -0.1) is 11.8 Å². The van der Waals surface area contributed by atoms with Gasteiger partial charge in [-0.3, -0.25) is 9.59 Å². The lowest BCUT2D eigenvalue weighted by Crippen LogP contribution is -2.16. The predicted octanol–water partition coefficient (Wildman–Crippen LogP) is 5.26. The largest absolute Gasteiger partial charge is 0.325 e. The predicted molar refractivity (Wildman–Crippen MR) is 111 cm³/mol. The van der Waals surface area contributed by atoms with E-state index in [0.717, 1.165) is 5.56 Å². The SMILES string of the molecule is Cc1ccc(F)cc1NC(=O)c1ccccc1SCC(=O)Nc1ccc(F)cc1. The molecule has 3 aromatic carbocycles. The molecule has 0 heterocycles. The first-order valence-corrected chi connectivity index (χ1v) is 9.75. The maximum atomic E-state index is 13.5. The van der Waals surface area contributed by atoms with Crippen LogP contribution in [0.1, 0.15) is 15.9 Å². The summed E-state index contributed by atoms with van der Waals surface area (Å²) in [6.07, 6.45) is 0. The van der Waals surface area contributed by atoms with Crippen molar-refractivity contribution >= 4 is 35.0 Å². The van der Waals surface area contributed by atoms with Crippen molar-refractivity contribution in [2.45, 2.75) is 11.8 Å². The molecule has 0 fully saturated rings. The number of thioether (sulfide) groups is 1. The second kappa shape index (κ2) is 9.34. The molecule has 2 N–H and O–H groups in total. The molecule has 0 spiro atoms. The number of nitrogens with one attached hydrogen (secondary N) is 2. The van der Waals surface area contributed by atoms with Gasteiger partial charge in [0.1, 0.15) is 11.6 Å². The second-order valence-electron chi connectivity index (χ2n) is 6.25. The zero-order chi connectivity index (χ0) is 20.8. The Bertz CT molecular complexity index is 1040. The van der Waals surface area contributed by atoms with Gasteiger partial charge in [-0.05, 0) is 61.0 Å². The van der Waals surface area contributed by atoms with Crippen LogP contribution in [0.25, 0.3) is 0 Å². The maximum absolute atomic E-state index is 13.5. The van der Waals surface area contributed by atoms with Crippen molar-refractivity contribution in [2.75, 3.05) is 16.4 Å². The molecule has 0 atom stereocenters. The number of aryl methyl sites for hydroxylation is 1. The number of rotatable bonds is 6. The van der Waals surface area contributed by atoms with Crippen LogP contribution >= 0.6 is 11.8 Å². The van der Waals surface area contributed by atoms with Crippen molar-refractivity contribution in [3.05, 3.63) is 89.5 Å². The lowest BCUT2D eigenvalue weighted by molar-refractivity contribution is -0.113. The quantitative estimate of drug-likeness (QED) is 0.543. The smallest absolute Gasteiger partial charge is 0.256 e. The molecule has 0 aromatic heterocycles. The standard InChI is InChI=1S/C22H18F2N2O2S/c1-14-6-7-16(24)12-19(14)26-22(28)18-4-2-3-5-20(18)29-13-21(27)25-17-10-8-15(23)9-11-17/h2-12H,13H2,1H3,(H,25,27)(H,26,28). The highest BCUT2D eigenvalue weighted by Crippen LogP contribution is 2.25. The molecule has 148 valence electrons. The van der Waals surface area contributed by atoms with E-state index in [1.54, 1.807) is 37.3 Å². The number of amides is 2. The Balaban J connectivity index is 1.66. The summed E-state index contributed by atoms with van der Waals surface area (Å²) in [5.74, 6) is -1.42. The topological polar surface area (TPSA) is 58.2 Å². The number of hydrogen-bond acceptors (Lipinski definition) is 3. The van der Waals surface area contributed by atoms with Crippen molar-refractivity contribution in [1.82, 2.24) is 0 Å². The van der Waals surface area contributed by atoms with Crippen LogP contribution in [0.2, 0.25) is 0 Å². The van der Waals surface area contributed by atoms with Crippen LogP contribution in [0.5, 0.6) is 0 Å². The lowest BCUT2D eigenvalue weighted by atomic mass is 10.1. The Morgan fingerprint density at radius 1 is 0.897 bits per heavy atom. The van der Waals surface area contributed by atoms with E-state index >= 15 is 0 Å². The Hall–Kier alpha value is -3.19. The van der Waals surface area contributed by atoms with Gasteiger partial charge in [0.05, 0.1) is 11.3 Å². The van der Waals surface area contributed by atoms with Gasteiger partial charge >= 0.3 is 0 Å². The third-order valence-electron chi connectivity index (χ3n) is 4.07. The van der Waals surface area contributed by atoms with Crippen LogP contribution in [-0.4, -0.2) is 17.6 Å². The van der Waals surface area contributed by atoms with Crippen LogP contribution in [0.15, 0.2) is 71.6 Å². The summed E-state index contributed by atoms with van der Waals surface area (Å²) >= 11 is 1.20. The molecule has 0 unspecified atom stereocenters. The molecule has 3 aromatic rings. The fourth-order valence-electron chi connectivity index (χ4n) is 2.57. The van der Waals surface area contributed by atoms with Gasteiger partial charge in [0.2, 0.25) is 5.91 Å². The van der Waals surface area contributed by atoms with E-state index in [0.29, 0.717) is 21.8 Å². The van der Waals surface area contributed by atoms with Crippen molar-refractivity contribution in [1.29, 1.82) is 0 Å². The molecule has 2 amide bonds. The highest BCUT2D eigenvalue weighted by molar-refractivity contribution is 8.00. The minimum atomic E-state index is -0.439. The fourth-order valence-corrected chi connectivity index (χ4v) is 3.42. The highest BCUT2D eigenvalue weighted by atomic mass is 32.2. The first-order valence-electron chi connectivity index (χ1n) is 8.77. The first kappa shape index (κ1) is 20.5. The molecule has 0 aliphatic carbocycles. The molecule has 0 aliphatic rings. The zero-order valence-electron chi connectivity index (χ0n) is 15.5. The molecular weight excluding hydrogens is 394 g/mol. The Labute approximate surface area is 171 Å².